The summed E-state index contributed by atoms with van der Waals surface area (Å²) in [5.74, 6) is 1.66. The molecule has 0 aliphatic heterocycles. The zero-order valence-corrected chi connectivity index (χ0v) is 8.31. The molecule has 1 aromatic heterocycles. The van der Waals surface area contributed by atoms with E-state index in [1.54, 1.807) is 12.4 Å². The van der Waals surface area contributed by atoms with E-state index in [0.29, 0.717) is 6.61 Å². The Morgan fingerprint density at radius 2 is 2.13 bits per heavy atom. The van der Waals surface area contributed by atoms with Gasteiger partial charge in [0.1, 0.15) is 12.4 Å². The molecular weight excluding hydrogens is 190 g/mol. The van der Waals surface area contributed by atoms with Crippen molar-refractivity contribution in [1.82, 2.24) is 9.97 Å². The minimum atomic E-state index is 0.616. The molecule has 1 heterocycles. The molecule has 2 N–H and O–H groups in total. The van der Waals surface area contributed by atoms with E-state index in [-0.39, 0.29) is 0 Å². The first-order chi connectivity index (χ1) is 7.45. The summed E-state index contributed by atoms with van der Waals surface area (Å²) in [6.07, 6.45) is 3.49. The first-order valence-corrected chi connectivity index (χ1v) is 4.86. The van der Waals surface area contributed by atoms with E-state index in [1.165, 1.54) is 0 Å². The molecule has 0 saturated heterocycles. The fourth-order valence-electron chi connectivity index (χ4n) is 1.22. The number of rotatable bonds is 5. The van der Waals surface area contributed by atoms with Crippen molar-refractivity contribution in [3.63, 3.8) is 0 Å². The third-order valence-electron chi connectivity index (χ3n) is 1.90. The Bertz CT molecular complexity index is 372. The van der Waals surface area contributed by atoms with Crippen molar-refractivity contribution in [3.05, 3.63) is 42.7 Å². The van der Waals surface area contributed by atoms with Gasteiger partial charge in [0.25, 0.3) is 0 Å². The smallest absolute Gasteiger partial charge is 0.200 e. The highest BCUT2D eigenvalue weighted by atomic mass is 16.5. The first-order valence-electron chi connectivity index (χ1n) is 4.86. The van der Waals surface area contributed by atoms with Crippen molar-refractivity contribution in [2.45, 2.75) is 0 Å². The molecule has 0 unspecified atom stereocenters. The highest BCUT2D eigenvalue weighted by molar-refractivity contribution is 5.23. The number of nitrogens with zero attached hydrogens (tertiary/aromatic N) is 1. The Kier molecular flexibility index (Phi) is 3.22. The minimum absolute atomic E-state index is 0.616. The van der Waals surface area contributed by atoms with E-state index in [9.17, 15) is 0 Å². The van der Waals surface area contributed by atoms with Gasteiger partial charge in [-0.1, -0.05) is 18.2 Å². The number of hydrogen-bond donors (Lipinski definition) is 2. The van der Waals surface area contributed by atoms with Gasteiger partial charge in [-0.15, -0.1) is 0 Å². The number of H-pyrrole nitrogens is 1. The van der Waals surface area contributed by atoms with Crippen molar-refractivity contribution < 1.29 is 4.74 Å². The fraction of sp³-hybridized carbons (Fsp3) is 0.182. The third-order valence-corrected chi connectivity index (χ3v) is 1.90. The van der Waals surface area contributed by atoms with Crippen LogP contribution in [0, 0.1) is 0 Å². The molecule has 15 heavy (non-hydrogen) atoms. The van der Waals surface area contributed by atoms with Gasteiger partial charge in [-0.3, -0.25) is 0 Å². The zero-order chi connectivity index (χ0) is 10.3. The molecule has 0 aliphatic rings. The predicted molar refractivity (Wildman–Crippen MR) is 59.0 cm³/mol. The zero-order valence-electron chi connectivity index (χ0n) is 8.31. The molecule has 0 atom stereocenters. The molecule has 0 amide bonds. The van der Waals surface area contributed by atoms with E-state index in [1.807, 2.05) is 30.3 Å². The van der Waals surface area contributed by atoms with Gasteiger partial charge in [-0.2, -0.15) is 0 Å². The van der Waals surface area contributed by atoms with E-state index < -0.39 is 0 Å². The number of aromatic amines is 1. The normalized spacial score (nSPS) is 9.87. The highest BCUT2D eigenvalue weighted by Crippen LogP contribution is 2.07. The average molecular weight is 203 g/mol. The van der Waals surface area contributed by atoms with Crippen molar-refractivity contribution in [2.24, 2.45) is 0 Å². The van der Waals surface area contributed by atoms with E-state index in [0.717, 1.165) is 18.2 Å². The lowest BCUT2D eigenvalue weighted by Crippen LogP contribution is -2.12. The number of hydrogen-bond acceptors (Lipinski definition) is 3. The lowest BCUT2D eigenvalue weighted by atomic mass is 10.3. The Labute approximate surface area is 88.3 Å². The molecule has 0 bridgehead atoms. The number of nitrogens with one attached hydrogen (secondary N) is 2. The molecule has 0 radical (unpaired) electrons. The van der Waals surface area contributed by atoms with Crippen molar-refractivity contribution in [2.75, 3.05) is 18.5 Å². The maximum Gasteiger partial charge on any atom is 0.200 e. The summed E-state index contributed by atoms with van der Waals surface area (Å²) in [7, 11) is 0. The number of anilines is 1. The van der Waals surface area contributed by atoms with Crippen molar-refractivity contribution in [1.29, 1.82) is 0 Å². The average Bonchev–Trinajstić information content (AvgIpc) is 2.79. The summed E-state index contributed by atoms with van der Waals surface area (Å²) >= 11 is 0. The molecule has 4 nitrogen and oxygen atoms in total. The van der Waals surface area contributed by atoms with Crippen LogP contribution in [0.25, 0.3) is 0 Å². The van der Waals surface area contributed by atoms with Gasteiger partial charge in [0.15, 0.2) is 5.95 Å². The molecule has 0 saturated carbocycles. The summed E-state index contributed by atoms with van der Waals surface area (Å²) in [6, 6.07) is 9.75. The number of aromatic nitrogens is 2. The van der Waals surface area contributed by atoms with Gasteiger partial charge in [-0.25, -0.2) is 4.98 Å². The molecule has 4 heteroatoms. The third kappa shape index (κ3) is 3.02. The second kappa shape index (κ2) is 5.05. The molecule has 2 aromatic rings. The second-order valence-electron chi connectivity index (χ2n) is 3.03. The van der Waals surface area contributed by atoms with Crippen molar-refractivity contribution >= 4 is 5.95 Å². The van der Waals surface area contributed by atoms with Gasteiger partial charge >= 0.3 is 0 Å². The molecule has 2 rings (SSSR count). The first kappa shape index (κ1) is 9.58. The predicted octanol–water partition coefficient (Wildman–Crippen LogP) is 1.90. The second-order valence-corrected chi connectivity index (χ2v) is 3.03. The van der Waals surface area contributed by atoms with Gasteiger partial charge in [0.05, 0.1) is 6.54 Å². The van der Waals surface area contributed by atoms with Crippen LogP contribution in [0.4, 0.5) is 5.95 Å². The van der Waals surface area contributed by atoms with Crippen LogP contribution in [0.15, 0.2) is 42.7 Å². The summed E-state index contributed by atoms with van der Waals surface area (Å²) < 4.78 is 5.50. The van der Waals surface area contributed by atoms with E-state index in [4.69, 9.17) is 4.74 Å². The highest BCUT2D eigenvalue weighted by Gasteiger charge is 1.93. The summed E-state index contributed by atoms with van der Waals surface area (Å²) in [5.41, 5.74) is 0. The van der Waals surface area contributed by atoms with Crippen LogP contribution >= 0.6 is 0 Å². The van der Waals surface area contributed by atoms with Crippen LogP contribution in [-0.2, 0) is 0 Å². The lowest BCUT2D eigenvalue weighted by molar-refractivity contribution is 0.332. The monoisotopic (exact) mass is 203 g/mol. The summed E-state index contributed by atoms with van der Waals surface area (Å²) in [6.45, 7) is 1.34. The maximum absolute atomic E-state index is 5.50. The number of ether oxygens (including phenoxy) is 1. The van der Waals surface area contributed by atoms with Crippen molar-refractivity contribution in [3.8, 4) is 5.75 Å². The number of imidazole rings is 1. The number of para-hydroxylation sites is 1. The largest absolute Gasteiger partial charge is 0.492 e. The number of benzene rings is 1. The van der Waals surface area contributed by atoms with Crippen LogP contribution in [0.5, 0.6) is 5.75 Å². The Hall–Kier alpha value is -1.97. The molecule has 0 fully saturated rings. The topological polar surface area (TPSA) is 49.9 Å². The molecule has 0 aliphatic carbocycles. The fourth-order valence-corrected chi connectivity index (χ4v) is 1.22. The minimum Gasteiger partial charge on any atom is -0.492 e. The quantitative estimate of drug-likeness (QED) is 0.730. The molecular formula is C11H13N3O. The lowest BCUT2D eigenvalue weighted by Gasteiger charge is -2.06. The van der Waals surface area contributed by atoms with Crippen LogP contribution in [-0.4, -0.2) is 23.1 Å². The van der Waals surface area contributed by atoms with E-state index in [2.05, 4.69) is 15.3 Å². The van der Waals surface area contributed by atoms with Crippen LogP contribution in [0.3, 0.4) is 0 Å². The standard InChI is InChI=1S/C11H13N3O/c1-2-4-10(5-3-1)15-9-8-14-11-12-6-7-13-11/h1-7H,8-9H2,(H2,12,13,14). The summed E-state index contributed by atoms with van der Waals surface area (Å²) in [4.78, 5) is 7.00. The SMILES string of the molecule is c1ccc(OCCNc2ncc[nH]2)cc1. The molecule has 0 spiro atoms. The Morgan fingerprint density at radius 3 is 2.87 bits per heavy atom. The Balaban J connectivity index is 1.68. The van der Waals surface area contributed by atoms with Gasteiger partial charge in [0.2, 0.25) is 0 Å². The van der Waals surface area contributed by atoms with Crippen LogP contribution in [0.2, 0.25) is 0 Å². The van der Waals surface area contributed by atoms with Gasteiger partial charge in [-0.05, 0) is 12.1 Å². The van der Waals surface area contributed by atoms with Crippen LogP contribution < -0.4 is 10.1 Å². The molecule has 1 aromatic carbocycles. The van der Waals surface area contributed by atoms with Gasteiger partial charge < -0.3 is 15.0 Å². The summed E-state index contributed by atoms with van der Waals surface area (Å²) in [5, 5.41) is 3.10. The van der Waals surface area contributed by atoms with E-state index >= 15 is 0 Å². The van der Waals surface area contributed by atoms with Crippen LogP contribution in [0.1, 0.15) is 0 Å². The maximum atomic E-state index is 5.50. The Morgan fingerprint density at radius 1 is 1.27 bits per heavy atom. The van der Waals surface area contributed by atoms with Gasteiger partial charge in [0, 0.05) is 12.4 Å². The molecule has 78 valence electrons.